The molecule has 2 aliphatic heterocycles. The number of nitrogens with one attached hydrogen (secondary N) is 1. The van der Waals surface area contributed by atoms with Crippen molar-refractivity contribution in [3.05, 3.63) is 34.8 Å². The number of aliphatic imine (C=N–C) groups is 1. The maximum absolute atomic E-state index is 12.8. The van der Waals surface area contributed by atoms with E-state index >= 15 is 0 Å². The van der Waals surface area contributed by atoms with Gasteiger partial charge in [-0.25, -0.2) is 0 Å². The molecular formula is C21H32IN7OS. The van der Waals surface area contributed by atoms with Crippen LogP contribution in [0.2, 0.25) is 0 Å². The molecule has 2 saturated heterocycles. The van der Waals surface area contributed by atoms with Crippen molar-refractivity contribution < 1.29 is 4.79 Å². The zero-order chi connectivity index (χ0) is 20.9. The third-order valence-electron chi connectivity index (χ3n) is 5.73. The van der Waals surface area contributed by atoms with E-state index in [1.807, 2.05) is 18.1 Å². The van der Waals surface area contributed by atoms with E-state index in [0.29, 0.717) is 25.7 Å². The van der Waals surface area contributed by atoms with Crippen LogP contribution in [0.3, 0.4) is 0 Å². The van der Waals surface area contributed by atoms with Crippen LogP contribution in [-0.4, -0.2) is 77.3 Å². The molecule has 1 atom stereocenters. The van der Waals surface area contributed by atoms with Crippen molar-refractivity contribution >= 4 is 52.9 Å². The van der Waals surface area contributed by atoms with Gasteiger partial charge in [-0.15, -0.1) is 35.3 Å². The van der Waals surface area contributed by atoms with E-state index in [-0.39, 0.29) is 29.9 Å². The summed E-state index contributed by atoms with van der Waals surface area (Å²) >= 11 is 1.81. The number of amides is 1. The molecule has 0 bridgehead atoms. The number of thiophene rings is 1. The number of anilines is 1. The van der Waals surface area contributed by atoms with Crippen molar-refractivity contribution in [3.8, 4) is 0 Å². The second-order valence-electron chi connectivity index (χ2n) is 7.81. The second-order valence-corrected chi connectivity index (χ2v) is 8.79. The van der Waals surface area contributed by atoms with Gasteiger partial charge in [0.25, 0.3) is 0 Å². The van der Waals surface area contributed by atoms with Gasteiger partial charge < -0.3 is 15.1 Å². The summed E-state index contributed by atoms with van der Waals surface area (Å²) in [5.74, 6) is 0.909. The number of hydrogen-bond donors (Lipinski definition) is 1. The van der Waals surface area contributed by atoms with Crippen molar-refractivity contribution in [1.29, 1.82) is 0 Å². The first-order valence-electron chi connectivity index (χ1n) is 10.8. The molecule has 2 fully saturated rings. The van der Waals surface area contributed by atoms with Gasteiger partial charge in [-0.2, -0.15) is 5.10 Å². The van der Waals surface area contributed by atoms with Crippen LogP contribution in [0.5, 0.6) is 0 Å². The minimum Gasteiger partial charge on any atom is -0.357 e. The fraction of sp³-hybridized carbons (Fsp3) is 0.571. The molecule has 0 spiro atoms. The van der Waals surface area contributed by atoms with Gasteiger partial charge in [0.2, 0.25) is 5.91 Å². The van der Waals surface area contributed by atoms with Crippen molar-refractivity contribution in [1.82, 2.24) is 24.9 Å². The Morgan fingerprint density at radius 3 is 2.71 bits per heavy atom. The largest absolute Gasteiger partial charge is 0.357 e. The number of likely N-dealkylation sites (tertiary alicyclic amines) is 1. The van der Waals surface area contributed by atoms with Crippen LogP contribution < -0.4 is 10.2 Å². The summed E-state index contributed by atoms with van der Waals surface area (Å²) in [5.41, 5.74) is 0.857. The molecule has 1 unspecified atom stereocenters. The van der Waals surface area contributed by atoms with E-state index in [1.165, 1.54) is 17.7 Å². The molecule has 0 aromatic carbocycles. The first-order valence-corrected chi connectivity index (χ1v) is 11.6. The number of carbonyl (C=O) groups is 1. The molecule has 2 aliphatic rings. The molecular weight excluding hydrogens is 525 g/mol. The summed E-state index contributed by atoms with van der Waals surface area (Å²) in [6.45, 7) is 7.54. The number of nitrogens with zero attached hydrogens (tertiary/aromatic N) is 6. The molecule has 0 aliphatic carbocycles. The smallest absolute Gasteiger partial charge is 0.246 e. The van der Waals surface area contributed by atoms with Crippen molar-refractivity contribution in [3.63, 3.8) is 0 Å². The van der Waals surface area contributed by atoms with Gasteiger partial charge in [0.05, 0.1) is 24.5 Å². The monoisotopic (exact) mass is 557 g/mol. The molecule has 10 heteroatoms. The number of aromatic nitrogens is 2. The fourth-order valence-corrected chi connectivity index (χ4v) is 5.05. The standard InChI is InChI=1S/C21H31N7OS.HI/c1-3-22-21(23-14-18(19-7-6-12-30-19)26-8-4-5-9-26)27-10-11-28(20(29)16-27)17-13-24-25(2)15-17;/h6-7,12-13,15,18H,3-5,8-11,14,16H2,1-2H3,(H,22,23);1H. The SMILES string of the molecule is CCNC(=NCC(c1cccs1)N1CCCC1)N1CCN(c2cnn(C)c2)C(=O)C1.I. The highest BCUT2D eigenvalue weighted by molar-refractivity contribution is 14.0. The first-order chi connectivity index (χ1) is 14.7. The van der Waals surface area contributed by atoms with Crippen LogP contribution in [0.4, 0.5) is 5.69 Å². The lowest BCUT2D eigenvalue weighted by Crippen LogP contribution is -2.55. The zero-order valence-corrected chi connectivity index (χ0v) is 21.4. The summed E-state index contributed by atoms with van der Waals surface area (Å²) < 4.78 is 1.73. The lowest BCUT2D eigenvalue weighted by molar-refractivity contribution is -0.120. The van der Waals surface area contributed by atoms with E-state index in [1.54, 1.807) is 22.2 Å². The van der Waals surface area contributed by atoms with E-state index < -0.39 is 0 Å². The number of hydrogen-bond acceptors (Lipinski definition) is 5. The van der Waals surface area contributed by atoms with Gasteiger partial charge in [0, 0.05) is 37.8 Å². The number of guanidine groups is 1. The van der Waals surface area contributed by atoms with Gasteiger partial charge in [0.15, 0.2) is 5.96 Å². The van der Waals surface area contributed by atoms with Crippen LogP contribution in [0, 0.1) is 0 Å². The fourth-order valence-electron chi connectivity index (χ4n) is 4.19. The maximum atomic E-state index is 12.8. The average Bonchev–Trinajstić information content (AvgIpc) is 3.51. The van der Waals surface area contributed by atoms with Gasteiger partial charge in [-0.1, -0.05) is 6.07 Å². The third-order valence-corrected chi connectivity index (χ3v) is 6.70. The van der Waals surface area contributed by atoms with Crippen LogP contribution in [0.1, 0.15) is 30.7 Å². The molecule has 8 nitrogen and oxygen atoms in total. The zero-order valence-electron chi connectivity index (χ0n) is 18.2. The second kappa shape index (κ2) is 11.3. The van der Waals surface area contributed by atoms with Gasteiger partial charge >= 0.3 is 0 Å². The molecule has 4 heterocycles. The first kappa shape index (κ1) is 24.0. The maximum Gasteiger partial charge on any atom is 0.246 e. The Morgan fingerprint density at radius 1 is 1.29 bits per heavy atom. The minimum absolute atomic E-state index is 0. The highest BCUT2D eigenvalue weighted by atomic mass is 127. The number of rotatable bonds is 6. The van der Waals surface area contributed by atoms with E-state index in [4.69, 9.17) is 4.99 Å². The van der Waals surface area contributed by atoms with Crippen molar-refractivity contribution in [2.75, 3.05) is 50.7 Å². The number of carbonyl (C=O) groups excluding carboxylic acids is 1. The molecule has 0 radical (unpaired) electrons. The summed E-state index contributed by atoms with van der Waals surface area (Å²) in [7, 11) is 1.87. The number of halogens is 1. The molecule has 2 aromatic rings. The lowest BCUT2D eigenvalue weighted by Gasteiger charge is -2.35. The molecule has 1 amide bonds. The Hall–Kier alpha value is -1.66. The van der Waals surface area contributed by atoms with Gasteiger partial charge in [-0.3, -0.25) is 19.4 Å². The Balaban J connectivity index is 0.00000272. The van der Waals surface area contributed by atoms with Crippen LogP contribution in [0.25, 0.3) is 0 Å². The molecule has 1 N–H and O–H groups in total. The highest BCUT2D eigenvalue weighted by Gasteiger charge is 2.29. The third kappa shape index (κ3) is 5.78. The highest BCUT2D eigenvalue weighted by Crippen LogP contribution is 2.28. The molecule has 2 aromatic heterocycles. The topological polar surface area (TPSA) is 69.0 Å². The lowest BCUT2D eigenvalue weighted by atomic mass is 10.2. The minimum atomic E-state index is 0. The summed E-state index contributed by atoms with van der Waals surface area (Å²) in [5, 5.41) is 9.73. The van der Waals surface area contributed by atoms with Crippen LogP contribution in [0.15, 0.2) is 34.9 Å². The Bertz CT molecular complexity index is 863. The molecule has 4 rings (SSSR count). The van der Waals surface area contributed by atoms with E-state index in [0.717, 1.165) is 37.8 Å². The van der Waals surface area contributed by atoms with E-state index in [9.17, 15) is 4.79 Å². The Kier molecular flexibility index (Phi) is 8.73. The molecule has 0 saturated carbocycles. The van der Waals surface area contributed by atoms with Crippen LogP contribution in [-0.2, 0) is 11.8 Å². The molecule has 170 valence electrons. The van der Waals surface area contributed by atoms with Gasteiger partial charge in [0.1, 0.15) is 6.54 Å². The van der Waals surface area contributed by atoms with Crippen molar-refractivity contribution in [2.24, 2.45) is 12.0 Å². The quantitative estimate of drug-likeness (QED) is 0.336. The number of piperazine rings is 1. The summed E-state index contributed by atoms with van der Waals surface area (Å²) in [4.78, 5) is 25.6. The number of aryl methyl sites for hydroxylation is 1. The summed E-state index contributed by atoms with van der Waals surface area (Å²) in [6, 6.07) is 4.65. The predicted octanol–water partition coefficient (Wildman–Crippen LogP) is 2.55. The average molecular weight is 558 g/mol. The normalized spacial score (nSPS) is 18.9. The predicted molar refractivity (Wildman–Crippen MR) is 136 cm³/mol. The van der Waals surface area contributed by atoms with Crippen molar-refractivity contribution in [2.45, 2.75) is 25.8 Å². The molecule has 31 heavy (non-hydrogen) atoms. The van der Waals surface area contributed by atoms with Crippen LogP contribution >= 0.6 is 35.3 Å². The van der Waals surface area contributed by atoms with Gasteiger partial charge in [-0.05, 0) is 44.3 Å². The van der Waals surface area contributed by atoms with E-state index in [2.05, 4.69) is 44.7 Å². The Morgan fingerprint density at radius 2 is 2.10 bits per heavy atom. The Labute approximate surface area is 205 Å². The summed E-state index contributed by atoms with van der Waals surface area (Å²) in [6.07, 6.45) is 6.15.